The first-order valence-corrected chi connectivity index (χ1v) is 12.2. The molecule has 2 aliphatic rings. The van der Waals surface area contributed by atoms with E-state index in [4.69, 9.17) is 5.26 Å². The number of nitrogens with zero attached hydrogens (tertiary/aromatic N) is 4. The number of carbonyl (C=O) groups excluding carboxylic acids is 2. The number of carboxylic acid groups (broad SMARTS) is 1. The lowest BCUT2D eigenvalue weighted by molar-refractivity contribution is -0.131. The Kier molecular flexibility index (Phi) is 6.70. The first-order chi connectivity index (χ1) is 18.6. The van der Waals surface area contributed by atoms with E-state index < -0.39 is 49.4 Å². The Morgan fingerprint density at radius 1 is 1.15 bits per heavy atom. The predicted octanol–water partition coefficient (Wildman–Crippen LogP) is 3.94. The van der Waals surface area contributed by atoms with E-state index in [2.05, 4.69) is 10.3 Å². The van der Waals surface area contributed by atoms with Crippen LogP contribution >= 0.6 is 0 Å². The number of benzene rings is 2. The van der Waals surface area contributed by atoms with Crippen molar-refractivity contribution < 1.29 is 28.3 Å². The number of nitrogens with one attached hydrogen (secondary N) is 1. The average molecular weight is 532 g/mol. The molecule has 0 saturated carbocycles. The molecule has 5 rings (SSSR count). The highest BCUT2D eigenvalue weighted by Gasteiger charge is 2.47. The lowest BCUT2D eigenvalue weighted by Gasteiger charge is -2.19. The van der Waals surface area contributed by atoms with Gasteiger partial charge in [0.05, 0.1) is 35.9 Å². The van der Waals surface area contributed by atoms with Crippen molar-refractivity contribution in [3.63, 3.8) is 0 Å². The number of nitriles is 1. The number of fused-ring (bicyclic) bond motifs is 2. The largest absolute Gasteiger partial charge is 0.465 e. The molecular formula is C28H23F2N5O4. The number of hydrogen-bond acceptors (Lipinski definition) is 5. The highest BCUT2D eigenvalue weighted by molar-refractivity contribution is 6.07. The van der Waals surface area contributed by atoms with Gasteiger partial charge in [-0.25, -0.2) is 13.6 Å². The maximum atomic E-state index is 13.7. The number of anilines is 1. The van der Waals surface area contributed by atoms with Gasteiger partial charge >= 0.3 is 6.09 Å². The first kappa shape index (κ1) is 25.8. The predicted molar refractivity (Wildman–Crippen MR) is 139 cm³/mol. The molecule has 3 amide bonds. The van der Waals surface area contributed by atoms with Crippen LogP contribution in [0, 0.1) is 11.3 Å². The fraction of sp³-hybridized carbons (Fsp3) is 0.250. The summed E-state index contributed by atoms with van der Waals surface area (Å²) in [4.78, 5) is 43.2. The van der Waals surface area contributed by atoms with Crippen LogP contribution in [0.15, 0.2) is 48.7 Å². The lowest BCUT2D eigenvalue weighted by atomic mass is 10.0. The number of carbonyl (C=O) groups is 3. The zero-order valence-electron chi connectivity index (χ0n) is 20.6. The molecule has 1 saturated heterocycles. The van der Waals surface area contributed by atoms with Gasteiger partial charge in [-0.05, 0) is 53.4 Å². The van der Waals surface area contributed by atoms with E-state index in [1.165, 1.54) is 17.2 Å². The third-order valence-corrected chi connectivity index (χ3v) is 6.85. The average Bonchev–Trinajstić information content (AvgIpc) is 3.49. The van der Waals surface area contributed by atoms with Gasteiger partial charge in [0, 0.05) is 24.5 Å². The minimum absolute atomic E-state index is 0.262. The van der Waals surface area contributed by atoms with Crippen LogP contribution in [-0.2, 0) is 11.2 Å². The van der Waals surface area contributed by atoms with Crippen LogP contribution in [0.3, 0.4) is 0 Å². The molecule has 0 spiro atoms. The van der Waals surface area contributed by atoms with E-state index in [1.807, 2.05) is 30.4 Å². The zero-order valence-corrected chi connectivity index (χ0v) is 20.6. The molecule has 0 aliphatic carbocycles. The number of likely N-dealkylation sites (tertiary alicyclic amines) is 1. The number of pyridine rings is 1. The minimum atomic E-state index is -3.14. The molecule has 2 N–H and O–H groups in total. The zero-order chi connectivity index (χ0) is 27.7. The van der Waals surface area contributed by atoms with Gasteiger partial charge in [0.25, 0.3) is 11.8 Å². The van der Waals surface area contributed by atoms with Crippen LogP contribution in [0.1, 0.15) is 33.5 Å². The van der Waals surface area contributed by atoms with Crippen LogP contribution in [0.2, 0.25) is 0 Å². The summed E-state index contributed by atoms with van der Waals surface area (Å²) < 4.78 is 27.3. The van der Waals surface area contributed by atoms with Crippen molar-refractivity contribution >= 4 is 46.6 Å². The Hall–Kier alpha value is -4.85. The maximum absolute atomic E-state index is 13.7. The van der Waals surface area contributed by atoms with Crippen LogP contribution in [0.25, 0.3) is 23.1 Å². The molecule has 1 fully saturated rings. The van der Waals surface area contributed by atoms with Gasteiger partial charge in [-0.15, -0.1) is 0 Å². The summed E-state index contributed by atoms with van der Waals surface area (Å²) in [6.07, 6.45) is 4.15. The topological polar surface area (TPSA) is 127 Å². The number of hydrogen-bond donors (Lipinski definition) is 2. The molecule has 2 aromatic carbocycles. The van der Waals surface area contributed by atoms with Crippen molar-refractivity contribution in [3.05, 3.63) is 70.9 Å². The van der Waals surface area contributed by atoms with E-state index in [0.717, 1.165) is 21.6 Å². The SMILES string of the molecule is N#CC1CC(F)(F)CN1C(=O)CNC(=O)c1ccnc2ccc(/C=C/c3ccc4c(c3)CCN4C(=O)O)cc12. The van der Waals surface area contributed by atoms with E-state index in [-0.39, 0.29) is 5.56 Å². The standard InChI is InChI=1S/C28H23F2N5O4/c29-28(30)13-20(14-31)35(16-28)25(36)15-33-26(37)21-7-9-32-23-5-3-18(12-22(21)23)2-1-17-4-6-24-19(11-17)8-10-34(24)27(38)39/h1-7,9,11-12,20H,8,10,13,15-16H2,(H,33,37)(H,38,39)/b2-1+. The fourth-order valence-electron chi connectivity index (χ4n) is 4.93. The summed E-state index contributed by atoms with van der Waals surface area (Å²) in [7, 11) is 0. The normalized spacial score (nSPS) is 17.8. The summed E-state index contributed by atoms with van der Waals surface area (Å²) in [5, 5.41) is 21.4. The second-order valence-electron chi connectivity index (χ2n) is 9.45. The van der Waals surface area contributed by atoms with Gasteiger partial charge in [0.2, 0.25) is 5.91 Å². The monoisotopic (exact) mass is 531 g/mol. The summed E-state index contributed by atoms with van der Waals surface area (Å²) in [5.74, 6) is -4.46. The van der Waals surface area contributed by atoms with Gasteiger partial charge in [0.1, 0.15) is 6.04 Å². The van der Waals surface area contributed by atoms with Gasteiger partial charge < -0.3 is 15.3 Å². The Labute approximate surface area is 222 Å². The van der Waals surface area contributed by atoms with Crippen LogP contribution in [-0.4, -0.2) is 64.5 Å². The van der Waals surface area contributed by atoms with Crippen molar-refractivity contribution in [3.8, 4) is 6.07 Å². The molecular weight excluding hydrogens is 508 g/mol. The second kappa shape index (κ2) is 10.1. The van der Waals surface area contributed by atoms with E-state index in [9.17, 15) is 28.3 Å². The molecule has 198 valence electrons. The van der Waals surface area contributed by atoms with Crippen molar-refractivity contribution in [1.82, 2.24) is 15.2 Å². The highest BCUT2D eigenvalue weighted by Crippen LogP contribution is 2.32. The van der Waals surface area contributed by atoms with Crippen molar-refractivity contribution in [2.45, 2.75) is 24.8 Å². The molecule has 39 heavy (non-hydrogen) atoms. The number of rotatable bonds is 5. The van der Waals surface area contributed by atoms with E-state index in [1.54, 1.807) is 24.3 Å². The Morgan fingerprint density at radius 3 is 2.64 bits per heavy atom. The fourth-order valence-corrected chi connectivity index (χ4v) is 4.93. The summed E-state index contributed by atoms with van der Waals surface area (Å²) in [6.45, 7) is -0.945. The summed E-state index contributed by atoms with van der Waals surface area (Å²) in [6, 6.07) is 12.9. The maximum Gasteiger partial charge on any atom is 0.411 e. The van der Waals surface area contributed by atoms with Gasteiger partial charge in [-0.2, -0.15) is 5.26 Å². The Balaban J connectivity index is 1.31. The number of aromatic nitrogens is 1. The number of alkyl halides is 2. The molecule has 11 heteroatoms. The lowest BCUT2D eigenvalue weighted by Crippen LogP contribution is -2.43. The quantitative estimate of drug-likeness (QED) is 0.481. The summed E-state index contributed by atoms with van der Waals surface area (Å²) in [5.41, 5.74) is 4.14. The van der Waals surface area contributed by atoms with Crippen molar-refractivity contribution in [2.24, 2.45) is 0 Å². The Bertz CT molecular complexity index is 1570. The smallest absolute Gasteiger partial charge is 0.411 e. The third kappa shape index (κ3) is 5.27. The van der Waals surface area contributed by atoms with Gasteiger partial charge in [-0.1, -0.05) is 24.3 Å². The molecule has 1 atom stereocenters. The third-order valence-electron chi connectivity index (χ3n) is 6.85. The van der Waals surface area contributed by atoms with Crippen LogP contribution in [0.4, 0.5) is 19.3 Å². The molecule has 3 aromatic rings. The van der Waals surface area contributed by atoms with Crippen molar-refractivity contribution in [2.75, 3.05) is 24.5 Å². The molecule has 0 radical (unpaired) electrons. The van der Waals surface area contributed by atoms with Gasteiger partial charge in [-0.3, -0.25) is 19.5 Å². The molecule has 1 unspecified atom stereocenters. The van der Waals surface area contributed by atoms with Crippen molar-refractivity contribution in [1.29, 1.82) is 5.26 Å². The minimum Gasteiger partial charge on any atom is -0.465 e. The number of halogens is 2. The second-order valence-corrected chi connectivity index (χ2v) is 9.45. The first-order valence-electron chi connectivity index (χ1n) is 12.2. The molecule has 0 bridgehead atoms. The molecule has 9 nitrogen and oxygen atoms in total. The molecule has 3 heterocycles. The summed E-state index contributed by atoms with van der Waals surface area (Å²) >= 11 is 0. The van der Waals surface area contributed by atoms with E-state index >= 15 is 0 Å². The van der Waals surface area contributed by atoms with Gasteiger partial charge in [0.15, 0.2) is 0 Å². The Morgan fingerprint density at radius 2 is 1.90 bits per heavy atom. The molecule has 1 aromatic heterocycles. The van der Waals surface area contributed by atoms with E-state index in [0.29, 0.717) is 29.6 Å². The molecule has 2 aliphatic heterocycles. The van der Waals surface area contributed by atoms with Crippen LogP contribution in [0.5, 0.6) is 0 Å². The van der Waals surface area contributed by atoms with Crippen LogP contribution < -0.4 is 10.2 Å². The number of amides is 3. The highest BCUT2D eigenvalue weighted by atomic mass is 19.3.